The minimum atomic E-state index is 0.500. The first-order valence-electron chi connectivity index (χ1n) is 3.17. The Kier molecular flexibility index (Phi) is 2.62. The van der Waals surface area contributed by atoms with Gasteiger partial charge >= 0.3 is 0 Å². The molecule has 1 aliphatic heterocycles. The lowest BCUT2D eigenvalue weighted by atomic mass is 10.4. The van der Waals surface area contributed by atoms with Gasteiger partial charge in [-0.3, -0.25) is 0 Å². The molecule has 2 nitrogen and oxygen atoms in total. The lowest BCUT2D eigenvalue weighted by Gasteiger charge is -2.10. The van der Waals surface area contributed by atoms with Crippen molar-refractivity contribution < 1.29 is 9.47 Å². The van der Waals surface area contributed by atoms with Crippen molar-refractivity contribution in [2.45, 2.75) is 0 Å². The average molecular weight is 138 g/mol. The molecule has 0 spiro atoms. The van der Waals surface area contributed by atoms with Gasteiger partial charge in [0.15, 0.2) is 0 Å². The summed E-state index contributed by atoms with van der Waals surface area (Å²) >= 11 is 0. The van der Waals surface area contributed by atoms with E-state index >= 15 is 0 Å². The number of hydrogen-bond acceptors (Lipinski definition) is 2. The summed E-state index contributed by atoms with van der Waals surface area (Å²) < 4.78 is 10.2. The van der Waals surface area contributed by atoms with E-state index in [-0.39, 0.29) is 0 Å². The second kappa shape index (κ2) is 3.77. The molecule has 0 amide bonds. The first kappa shape index (κ1) is 6.93. The van der Waals surface area contributed by atoms with Crippen LogP contribution in [0, 0.1) is 0 Å². The Morgan fingerprint density at radius 3 is 3.30 bits per heavy atom. The zero-order valence-corrected chi connectivity index (χ0v) is 5.75. The van der Waals surface area contributed by atoms with E-state index in [1.54, 1.807) is 12.2 Å². The normalized spacial score (nSPS) is 15.4. The van der Waals surface area contributed by atoms with Crippen molar-refractivity contribution in [1.82, 2.24) is 0 Å². The van der Waals surface area contributed by atoms with Crippen molar-refractivity contribution in [1.29, 1.82) is 0 Å². The van der Waals surface area contributed by atoms with Crippen LogP contribution in [-0.4, -0.2) is 13.2 Å². The van der Waals surface area contributed by atoms with Gasteiger partial charge in [0.2, 0.25) is 0 Å². The van der Waals surface area contributed by atoms with E-state index in [1.165, 1.54) is 0 Å². The fourth-order valence-electron chi connectivity index (χ4n) is 0.611. The molecule has 0 aliphatic carbocycles. The van der Waals surface area contributed by atoms with Crippen LogP contribution in [0.25, 0.3) is 0 Å². The van der Waals surface area contributed by atoms with Gasteiger partial charge in [-0.2, -0.15) is 0 Å². The van der Waals surface area contributed by atoms with Crippen LogP contribution < -0.4 is 0 Å². The molecule has 1 aliphatic rings. The van der Waals surface area contributed by atoms with Crippen molar-refractivity contribution in [2.24, 2.45) is 0 Å². The van der Waals surface area contributed by atoms with E-state index in [1.807, 2.05) is 12.2 Å². The molecule has 1 rings (SSSR count). The Morgan fingerprint density at radius 1 is 1.80 bits per heavy atom. The molecule has 0 fully saturated rings. The Bertz CT molecular complexity index is 168. The standard InChI is InChI=1S/C8H10O2/c1-2-6-9-8-5-3-4-7-10-8/h2-5H,1,6-7H2. The van der Waals surface area contributed by atoms with Crippen molar-refractivity contribution in [3.63, 3.8) is 0 Å². The number of ether oxygens (including phenoxy) is 2. The van der Waals surface area contributed by atoms with E-state index in [2.05, 4.69) is 6.58 Å². The minimum Gasteiger partial charge on any atom is -0.461 e. The maximum atomic E-state index is 5.10. The fourth-order valence-corrected chi connectivity index (χ4v) is 0.611. The summed E-state index contributed by atoms with van der Waals surface area (Å²) in [5, 5.41) is 0. The van der Waals surface area contributed by atoms with Gasteiger partial charge in [0.05, 0.1) is 0 Å². The van der Waals surface area contributed by atoms with Gasteiger partial charge in [-0.25, -0.2) is 0 Å². The molecule has 0 unspecified atom stereocenters. The molecule has 10 heavy (non-hydrogen) atoms. The number of allylic oxidation sites excluding steroid dienone is 2. The Labute approximate surface area is 60.4 Å². The molecule has 1 heterocycles. The maximum absolute atomic E-state index is 5.10. The van der Waals surface area contributed by atoms with E-state index < -0.39 is 0 Å². The Balaban J connectivity index is 2.32. The largest absolute Gasteiger partial charge is 0.461 e. The van der Waals surface area contributed by atoms with Crippen LogP contribution >= 0.6 is 0 Å². The quantitative estimate of drug-likeness (QED) is 0.552. The van der Waals surface area contributed by atoms with Gasteiger partial charge in [-0.05, 0) is 6.08 Å². The predicted molar refractivity (Wildman–Crippen MR) is 39.3 cm³/mol. The third-order valence-corrected chi connectivity index (χ3v) is 1.03. The fraction of sp³-hybridized carbons (Fsp3) is 0.250. The maximum Gasteiger partial charge on any atom is 0.279 e. The Hall–Kier alpha value is -1.18. The molecule has 0 atom stereocenters. The van der Waals surface area contributed by atoms with Crippen molar-refractivity contribution in [2.75, 3.05) is 13.2 Å². The summed E-state index contributed by atoms with van der Waals surface area (Å²) in [6.07, 6.45) is 7.29. The van der Waals surface area contributed by atoms with E-state index in [9.17, 15) is 0 Å². The van der Waals surface area contributed by atoms with Crippen LogP contribution in [0.15, 0.2) is 36.8 Å². The highest BCUT2D eigenvalue weighted by Crippen LogP contribution is 2.04. The Morgan fingerprint density at radius 2 is 2.70 bits per heavy atom. The SMILES string of the molecule is C=CCOC1=CC=CCO1. The molecule has 54 valence electrons. The summed E-state index contributed by atoms with van der Waals surface area (Å²) in [6.45, 7) is 4.62. The smallest absolute Gasteiger partial charge is 0.279 e. The van der Waals surface area contributed by atoms with Gasteiger partial charge < -0.3 is 9.47 Å². The van der Waals surface area contributed by atoms with Crippen LogP contribution in [-0.2, 0) is 9.47 Å². The average Bonchev–Trinajstić information content (AvgIpc) is 2.03. The minimum absolute atomic E-state index is 0.500. The van der Waals surface area contributed by atoms with Crippen LogP contribution in [0.3, 0.4) is 0 Å². The zero-order valence-electron chi connectivity index (χ0n) is 5.75. The summed E-state index contributed by atoms with van der Waals surface area (Å²) in [5.74, 6) is 0.572. The molecule has 0 radical (unpaired) electrons. The van der Waals surface area contributed by atoms with Gasteiger partial charge in [-0.1, -0.05) is 18.7 Å². The molecule has 0 saturated carbocycles. The number of rotatable bonds is 3. The van der Waals surface area contributed by atoms with Gasteiger partial charge in [0, 0.05) is 6.08 Å². The van der Waals surface area contributed by atoms with Gasteiger partial charge in [0.25, 0.3) is 5.95 Å². The highest BCUT2D eigenvalue weighted by Gasteiger charge is 1.97. The lowest BCUT2D eigenvalue weighted by Crippen LogP contribution is -2.00. The molecule has 0 aromatic carbocycles. The zero-order chi connectivity index (χ0) is 7.23. The molecule has 0 saturated heterocycles. The summed E-state index contributed by atoms with van der Waals surface area (Å²) in [6, 6.07) is 0. The third-order valence-electron chi connectivity index (χ3n) is 1.03. The van der Waals surface area contributed by atoms with E-state index in [0.29, 0.717) is 19.2 Å². The highest BCUT2D eigenvalue weighted by atomic mass is 16.7. The molecule has 0 aromatic rings. The molecule has 2 heteroatoms. The number of hydrogen-bond donors (Lipinski definition) is 0. The highest BCUT2D eigenvalue weighted by molar-refractivity contribution is 5.07. The van der Waals surface area contributed by atoms with Crippen molar-refractivity contribution in [3.8, 4) is 0 Å². The molecular weight excluding hydrogens is 128 g/mol. The first-order valence-corrected chi connectivity index (χ1v) is 3.17. The summed E-state index contributed by atoms with van der Waals surface area (Å²) in [7, 11) is 0. The second-order valence-electron chi connectivity index (χ2n) is 1.82. The lowest BCUT2D eigenvalue weighted by molar-refractivity contribution is 0.0580. The van der Waals surface area contributed by atoms with Crippen LogP contribution in [0.1, 0.15) is 0 Å². The van der Waals surface area contributed by atoms with Crippen LogP contribution in [0.4, 0.5) is 0 Å². The van der Waals surface area contributed by atoms with Crippen LogP contribution in [0.5, 0.6) is 0 Å². The predicted octanol–water partition coefficient (Wildman–Crippen LogP) is 1.62. The summed E-state index contributed by atoms with van der Waals surface area (Å²) in [4.78, 5) is 0. The monoisotopic (exact) mass is 138 g/mol. The first-order chi connectivity index (χ1) is 4.93. The van der Waals surface area contributed by atoms with Crippen molar-refractivity contribution in [3.05, 3.63) is 36.8 Å². The third kappa shape index (κ3) is 1.97. The topological polar surface area (TPSA) is 18.5 Å². The van der Waals surface area contributed by atoms with Crippen LogP contribution in [0.2, 0.25) is 0 Å². The van der Waals surface area contributed by atoms with Gasteiger partial charge in [0.1, 0.15) is 13.2 Å². The molecule has 0 bridgehead atoms. The van der Waals surface area contributed by atoms with E-state index in [4.69, 9.17) is 9.47 Å². The van der Waals surface area contributed by atoms with E-state index in [0.717, 1.165) is 0 Å². The van der Waals surface area contributed by atoms with Crippen molar-refractivity contribution >= 4 is 0 Å². The molecule has 0 aromatic heterocycles. The molecule has 0 N–H and O–H groups in total. The van der Waals surface area contributed by atoms with Gasteiger partial charge in [-0.15, -0.1) is 0 Å². The summed E-state index contributed by atoms with van der Waals surface area (Å²) in [5.41, 5.74) is 0. The second-order valence-corrected chi connectivity index (χ2v) is 1.82. The molecular formula is C8H10O2.